The summed E-state index contributed by atoms with van der Waals surface area (Å²) in [5.41, 5.74) is 2.13. The van der Waals surface area contributed by atoms with Crippen LogP contribution in [-0.4, -0.2) is 23.9 Å². The van der Waals surface area contributed by atoms with Crippen LogP contribution in [-0.2, 0) is 6.42 Å². The van der Waals surface area contributed by atoms with Gasteiger partial charge in [-0.25, -0.2) is 0 Å². The van der Waals surface area contributed by atoms with Gasteiger partial charge in [-0.3, -0.25) is 4.79 Å². The Morgan fingerprint density at radius 3 is 2.50 bits per heavy atom. The summed E-state index contributed by atoms with van der Waals surface area (Å²) in [6, 6.07) is 8.04. The molecule has 0 radical (unpaired) electrons. The number of carbonyl (C=O) groups excluding carboxylic acids is 1. The molecule has 1 aliphatic rings. The molecule has 0 aromatic heterocycles. The summed E-state index contributed by atoms with van der Waals surface area (Å²) in [5.74, 6) is 0.234. The van der Waals surface area contributed by atoms with E-state index in [1.54, 1.807) is 0 Å². The molecule has 1 amide bonds. The van der Waals surface area contributed by atoms with Gasteiger partial charge in [0.25, 0.3) is 5.91 Å². The van der Waals surface area contributed by atoms with Gasteiger partial charge in [-0.2, -0.15) is 0 Å². The van der Waals surface area contributed by atoms with Crippen LogP contribution in [0.1, 0.15) is 67.8 Å². The minimum Gasteiger partial charge on any atom is -0.338 e. The first-order valence-electron chi connectivity index (χ1n) is 8.20. The minimum atomic E-state index is 0.234. The van der Waals surface area contributed by atoms with E-state index in [2.05, 4.69) is 13.0 Å². The van der Waals surface area contributed by atoms with Gasteiger partial charge >= 0.3 is 0 Å². The van der Waals surface area contributed by atoms with Gasteiger partial charge in [0.1, 0.15) is 0 Å². The van der Waals surface area contributed by atoms with Crippen LogP contribution in [0.15, 0.2) is 24.3 Å². The van der Waals surface area contributed by atoms with E-state index >= 15 is 0 Å². The van der Waals surface area contributed by atoms with Crippen molar-refractivity contribution < 1.29 is 4.79 Å². The van der Waals surface area contributed by atoms with Crippen LogP contribution in [0.4, 0.5) is 0 Å². The average molecular weight is 273 g/mol. The molecule has 0 aliphatic carbocycles. The summed E-state index contributed by atoms with van der Waals surface area (Å²) >= 11 is 0. The van der Waals surface area contributed by atoms with Gasteiger partial charge in [-0.05, 0) is 24.5 Å². The normalized spacial score (nSPS) is 14.4. The fraction of sp³-hybridized carbons (Fsp3) is 0.611. The number of rotatable bonds is 8. The first-order chi connectivity index (χ1) is 9.83. The van der Waals surface area contributed by atoms with E-state index in [1.165, 1.54) is 44.1 Å². The lowest BCUT2D eigenvalue weighted by Crippen LogP contribution is -2.38. The quantitative estimate of drug-likeness (QED) is 0.641. The Labute approximate surface area is 123 Å². The van der Waals surface area contributed by atoms with E-state index in [0.717, 1.165) is 31.5 Å². The maximum absolute atomic E-state index is 12.3. The summed E-state index contributed by atoms with van der Waals surface area (Å²) in [4.78, 5) is 14.4. The zero-order valence-corrected chi connectivity index (χ0v) is 12.7. The van der Waals surface area contributed by atoms with Gasteiger partial charge in [-0.1, -0.05) is 63.6 Å². The Morgan fingerprint density at radius 1 is 1.00 bits per heavy atom. The highest BCUT2D eigenvalue weighted by atomic mass is 16.2. The van der Waals surface area contributed by atoms with Crippen LogP contribution >= 0.6 is 0 Å². The van der Waals surface area contributed by atoms with Crippen LogP contribution in [0.3, 0.4) is 0 Å². The Balaban J connectivity index is 1.69. The predicted molar refractivity (Wildman–Crippen MR) is 84.0 cm³/mol. The molecule has 0 unspecified atom stereocenters. The SMILES string of the molecule is CCCCCCCCCN1CCc2ccccc2C1=O. The lowest BCUT2D eigenvalue weighted by molar-refractivity contribution is 0.0736. The molecule has 110 valence electrons. The van der Waals surface area contributed by atoms with E-state index in [9.17, 15) is 4.79 Å². The third-order valence-corrected chi connectivity index (χ3v) is 4.22. The molecule has 0 spiro atoms. The molecule has 20 heavy (non-hydrogen) atoms. The van der Waals surface area contributed by atoms with E-state index in [4.69, 9.17) is 0 Å². The van der Waals surface area contributed by atoms with Gasteiger partial charge in [-0.15, -0.1) is 0 Å². The fourth-order valence-electron chi connectivity index (χ4n) is 2.95. The Kier molecular flexibility index (Phi) is 6.10. The molecule has 2 heteroatoms. The monoisotopic (exact) mass is 273 g/mol. The largest absolute Gasteiger partial charge is 0.338 e. The van der Waals surface area contributed by atoms with Gasteiger partial charge < -0.3 is 4.90 Å². The molecular weight excluding hydrogens is 246 g/mol. The Bertz CT molecular complexity index is 427. The average Bonchev–Trinajstić information content (AvgIpc) is 2.49. The molecule has 0 bridgehead atoms. The van der Waals surface area contributed by atoms with Crippen molar-refractivity contribution in [2.24, 2.45) is 0 Å². The molecule has 1 aliphatic heterocycles. The van der Waals surface area contributed by atoms with Crippen molar-refractivity contribution in [2.75, 3.05) is 13.1 Å². The predicted octanol–water partition coefficient (Wildman–Crippen LogP) is 4.44. The van der Waals surface area contributed by atoms with E-state index in [0.29, 0.717) is 0 Å². The third-order valence-electron chi connectivity index (χ3n) is 4.22. The van der Waals surface area contributed by atoms with Gasteiger partial charge in [0, 0.05) is 18.7 Å². The molecule has 1 aromatic carbocycles. The van der Waals surface area contributed by atoms with E-state index < -0.39 is 0 Å². The van der Waals surface area contributed by atoms with Crippen LogP contribution in [0.25, 0.3) is 0 Å². The zero-order chi connectivity index (χ0) is 14.2. The summed E-state index contributed by atoms with van der Waals surface area (Å²) in [7, 11) is 0. The number of hydrogen-bond acceptors (Lipinski definition) is 1. The molecule has 0 saturated heterocycles. The lowest BCUT2D eigenvalue weighted by atomic mass is 9.99. The first kappa shape index (κ1) is 15.1. The molecule has 2 nitrogen and oxygen atoms in total. The molecule has 2 rings (SSSR count). The highest BCUT2D eigenvalue weighted by Gasteiger charge is 2.22. The van der Waals surface area contributed by atoms with Crippen molar-refractivity contribution in [1.29, 1.82) is 0 Å². The molecule has 0 N–H and O–H groups in total. The van der Waals surface area contributed by atoms with Crippen LogP contribution in [0, 0.1) is 0 Å². The highest BCUT2D eigenvalue weighted by molar-refractivity contribution is 5.96. The number of unbranched alkanes of at least 4 members (excludes halogenated alkanes) is 6. The van der Waals surface area contributed by atoms with Gasteiger partial charge in [0.05, 0.1) is 0 Å². The molecule has 1 heterocycles. The third kappa shape index (κ3) is 4.09. The number of fused-ring (bicyclic) bond motifs is 1. The van der Waals surface area contributed by atoms with E-state index in [1.807, 2.05) is 23.1 Å². The number of nitrogens with zero attached hydrogens (tertiary/aromatic N) is 1. The number of carbonyl (C=O) groups is 1. The first-order valence-corrected chi connectivity index (χ1v) is 8.20. The van der Waals surface area contributed by atoms with Gasteiger partial charge in [0.2, 0.25) is 0 Å². The summed E-state index contributed by atoms with van der Waals surface area (Å²) in [5, 5.41) is 0. The van der Waals surface area contributed by atoms with Crippen molar-refractivity contribution >= 4 is 5.91 Å². The standard InChI is InChI=1S/C18H27NO/c1-2-3-4-5-6-7-10-14-19-15-13-16-11-8-9-12-17(16)18(19)20/h8-9,11-12H,2-7,10,13-15H2,1H3. The zero-order valence-electron chi connectivity index (χ0n) is 12.7. The summed E-state index contributed by atoms with van der Waals surface area (Å²) < 4.78 is 0. The Hall–Kier alpha value is -1.31. The second-order valence-electron chi connectivity index (χ2n) is 5.82. The molecule has 0 saturated carbocycles. The topological polar surface area (TPSA) is 20.3 Å². The highest BCUT2D eigenvalue weighted by Crippen LogP contribution is 2.19. The number of benzene rings is 1. The fourth-order valence-corrected chi connectivity index (χ4v) is 2.95. The second kappa shape index (κ2) is 8.08. The van der Waals surface area contributed by atoms with Crippen LogP contribution < -0.4 is 0 Å². The Morgan fingerprint density at radius 2 is 1.70 bits per heavy atom. The van der Waals surface area contributed by atoms with Crippen LogP contribution in [0.2, 0.25) is 0 Å². The van der Waals surface area contributed by atoms with E-state index in [-0.39, 0.29) is 5.91 Å². The maximum atomic E-state index is 12.3. The molecular formula is C18H27NO. The smallest absolute Gasteiger partial charge is 0.254 e. The minimum absolute atomic E-state index is 0.234. The number of amides is 1. The van der Waals surface area contributed by atoms with Crippen LogP contribution in [0.5, 0.6) is 0 Å². The lowest BCUT2D eigenvalue weighted by Gasteiger charge is -2.28. The van der Waals surface area contributed by atoms with Crippen molar-refractivity contribution in [3.8, 4) is 0 Å². The maximum Gasteiger partial charge on any atom is 0.254 e. The van der Waals surface area contributed by atoms with Crippen molar-refractivity contribution in [2.45, 2.75) is 58.3 Å². The van der Waals surface area contributed by atoms with Crippen molar-refractivity contribution in [3.63, 3.8) is 0 Å². The second-order valence-corrected chi connectivity index (χ2v) is 5.82. The molecule has 1 aromatic rings. The molecule has 0 fully saturated rings. The van der Waals surface area contributed by atoms with Crippen molar-refractivity contribution in [1.82, 2.24) is 4.90 Å². The summed E-state index contributed by atoms with van der Waals surface area (Å²) in [6.45, 7) is 4.08. The van der Waals surface area contributed by atoms with Gasteiger partial charge in [0.15, 0.2) is 0 Å². The molecule has 0 atom stereocenters. The van der Waals surface area contributed by atoms with Crippen molar-refractivity contribution in [3.05, 3.63) is 35.4 Å². The summed E-state index contributed by atoms with van der Waals surface area (Å²) in [6.07, 6.45) is 10.1. The number of hydrogen-bond donors (Lipinski definition) is 0.